The summed E-state index contributed by atoms with van der Waals surface area (Å²) in [5, 5.41) is 2.89. The molecule has 0 aliphatic rings. The van der Waals surface area contributed by atoms with Gasteiger partial charge in [0.15, 0.2) is 6.61 Å². The van der Waals surface area contributed by atoms with Gasteiger partial charge in [-0.05, 0) is 70.6 Å². The third-order valence-electron chi connectivity index (χ3n) is 3.65. The second-order valence-electron chi connectivity index (χ2n) is 6.00. The minimum atomic E-state index is -0.168. The minimum Gasteiger partial charge on any atom is -0.483 e. The van der Waals surface area contributed by atoms with Gasteiger partial charge in [-0.3, -0.25) is 4.79 Å². The fourth-order valence-corrected chi connectivity index (χ4v) is 2.70. The third kappa shape index (κ3) is 4.83. The van der Waals surface area contributed by atoms with E-state index < -0.39 is 0 Å². The number of hydrogen-bond acceptors (Lipinski definition) is 2. The van der Waals surface area contributed by atoms with Crippen molar-refractivity contribution in [2.45, 2.75) is 33.6 Å². The zero-order valence-electron chi connectivity index (χ0n) is 13.9. The van der Waals surface area contributed by atoms with Crippen molar-refractivity contribution in [2.75, 3.05) is 11.9 Å². The van der Waals surface area contributed by atoms with E-state index in [4.69, 9.17) is 4.74 Å². The van der Waals surface area contributed by atoms with Gasteiger partial charge < -0.3 is 10.1 Å². The number of rotatable bonds is 5. The Labute approximate surface area is 146 Å². The molecule has 0 aliphatic carbocycles. The van der Waals surface area contributed by atoms with E-state index in [0.29, 0.717) is 11.7 Å². The molecule has 0 aliphatic heterocycles. The summed E-state index contributed by atoms with van der Waals surface area (Å²) in [6.07, 6.45) is 0. The summed E-state index contributed by atoms with van der Waals surface area (Å²) in [5.74, 6) is 0.956. The van der Waals surface area contributed by atoms with Crippen LogP contribution in [0.25, 0.3) is 0 Å². The Balaban J connectivity index is 1.98. The number of amides is 1. The first-order valence-electron chi connectivity index (χ1n) is 7.66. The van der Waals surface area contributed by atoms with Gasteiger partial charge in [0.05, 0.1) is 4.47 Å². The molecule has 0 saturated carbocycles. The molecule has 0 radical (unpaired) electrons. The highest BCUT2D eigenvalue weighted by Crippen LogP contribution is 2.29. The molecule has 1 amide bonds. The van der Waals surface area contributed by atoms with E-state index in [0.717, 1.165) is 21.3 Å². The van der Waals surface area contributed by atoms with Crippen molar-refractivity contribution >= 4 is 27.5 Å². The summed E-state index contributed by atoms with van der Waals surface area (Å²) in [7, 11) is 0. The highest BCUT2D eigenvalue weighted by molar-refractivity contribution is 9.10. The number of benzene rings is 2. The van der Waals surface area contributed by atoms with Crippen LogP contribution in [0.1, 0.15) is 36.5 Å². The van der Waals surface area contributed by atoms with E-state index in [1.807, 2.05) is 50.2 Å². The Morgan fingerprint density at radius 2 is 1.91 bits per heavy atom. The van der Waals surface area contributed by atoms with Gasteiger partial charge in [-0.15, -0.1) is 0 Å². The predicted molar refractivity (Wildman–Crippen MR) is 98.3 cm³/mol. The Morgan fingerprint density at radius 3 is 2.57 bits per heavy atom. The number of ether oxygens (including phenoxy) is 1. The van der Waals surface area contributed by atoms with Crippen LogP contribution in [0.15, 0.2) is 40.9 Å². The average Bonchev–Trinajstić information content (AvgIpc) is 2.49. The summed E-state index contributed by atoms with van der Waals surface area (Å²) in [5.41, 5.74) is 4.20. The molecule has 0 atom stereocenters. The molecule has 23 heavy (non-hydrogen) atoms. The molecule has 0 spiro atoms. The monoisotopic (exact) mass is 375 g/mol. The summed E-state index contributed by atoms with van der Waals surface area (Å²) in [6, 6.07) is 11.9. The van der Waals surface area contributed by atoms with Crippen LogP contribution in [-0.4, -0.2) is 12.5 Å². The second-order valence-corrected chi connectivity index (χ2v) is 6.85. The topological polar surface area (TPSA) is 38.3 Å². The summed E-state index contributed by atoms with van der Waals surface area (Å²) in [6.45, 7) is 8.23. The first-order chi connectivity index (χ1) is 10.9. The first kappa shape index (κ1) is 17.5. The number of nitrogens with one attached hydrogen (secondary N) is 1. The van der Waals surface area contributed by atoms with Crippen LogP contribution in [0.5, 0.6) is 5.75 Å². The highest BCUT2D eigenvalue weighted by atomic mass is 79.9. The second kappa shape index (κ2) is 7.64. The van der Waals surface area contributed by atoms with Crippen LogP contribution in [0.2, 0.25) is 0 Å². The molecule has 2 rings (SSSR count). The molecule has 0 fully saturated rings. The predicted octanol–water partition coefficient (Wildman–Crippen LogP) is 5.21. The molecular weight excluding hydrogens is 354 g/mol. The van der Waals surface area contributed by atoms with E-state index in [9.17, 15) is 4.79 Å². The molecule has 4 heteroatoms. The van der Waals surface area contributed by atoms with E-state index in [-0.39, 0.29) is 12.5 Å². The lowest BCUT2D eigenvalue weighted by Gasteiger charge is -2.12. The molecule has 3 nitrogen and oxygen atoms in total. The Kier molecular flexibility index (Phi) is 5.83. The average molecular weight is 376 g/mol. The Hall–Kier alpha value is -1.81. The lowest BCUT2D eigenvalue weighted by molar-refractivity contribution is -0.118. The quantitative estimate of drug-likeness (QED) is 0.778. The number of halogens is 1. The third-order valence-corrected chi connectivity index (χ3v) is 4.27. The molecule has 0 saturated heterocycles. The molecule has 0 aromatic heterocycles. The summed E-state index contributed by atoms with van der Waals surface area (Å²) >= 11 is 3.50. The van der Waals surface area contributed by atoms with Crippen molar-refractivity contribution in [2.24, 2.45) is 0 Å². The standard InChI is InChI=1S/C19H22BrNO2/c1-12(2)15-7-8-18(16(20)10-15)23-11-19(22)21-17-9-13(3)5-6-14(17)4/h5-10,12H,11H2,1-4H3,(H,21,22). The van der Waals surface area contributed by atoms with Gasteiger partial charge in [0.2, 0.25) is 0 Å². The molecule has 2 aromatic carbocycles. The van der Waals surface area contributed by atoms with Crippen molar-refractivity contribution in [3.8, 4) is 5.75 Å². The van der Waals surface area contributed by atoms with E-state index in [1.165, 1.54) is 5.56 Å². The Morgan fingerprint density at radius 1 is 1.17 bits per heavy atom. The maximum absolute atomic E-state index is 12.1. The largest absolute Gasteiger partial charge is 0.483 e. The number of aryl methyl sites for hydroxylation is 2. The first-order valence-corrected chi connectivity index (χ1v) is 8.45. The van der Waals surface area contributed by atoms with Crippen LogP contribution in [-0.2, 0) is 4.79 Å². The lowest BCUT2D eigenvalue weighted by Crippen LogP contribution is -2.20. The van der Waals surface area contributed by atoms with Gasteiger partial charge >= 0.3 is 0 Å². The highest BCUT2D eigenvalue weighted by Gasteiger charge is 2.09. The van der Waals surface area contributed by atoms with Crippen LogP contribution in [0.4, 0.5) is 5.69 Å². The van der Waals surface area contributed by atoms with E-state index in [1.54, 1.807) is 0 Å². The zero-order valence-corrected chi connectivity index (χ0v) is 15.5. The van der Waals surface area contributed by atoms with Crippen LogP contribution < -0.4 is 10.1 Å². The van der Waals surface area contributed by atoms with Crippen molar-refractivity contribution in [3.63, 3.8) is 0 Å². The van der Waals surface area contributed by atoms with Gasteiger partial charge in [0.25, 0.3) is 5.91 Å². The number of anilines is 1. The van der Waals surface area contributed by atoms with Crippen molar-refractivity contribution < 1.29 is 9.53 Å². The fourth-order valence-electron chi connectivity index (χ4n) is 2.19. The number of carbonyl (C=O) groups excluding carboxylic acids is 1. The van der Waals surface area contributed by atoms with Gasteiger partial charge in [0, 0.05) is 5.69 Å². The van der Waals surface area contributed by atoms with Crippen LogP contribution >= 0.6 is 15.9 Å². The zero-order chi connectivity index (χ0) is 17.0. The Bertz CT molecular complexity index is 711. The number of carbonyl (C=O) groups is 1. The molecule has 0 bridgehead atoms. The van der Waals surface area contributed by atoms with Crippen molar-refractivity contribution in [1.29, 1.82) is 0 Å². The maximum Gasteiger partial charge on any atom is 0.262 e. The molecule has 1 N–H and O–H groups in total. The van der Waals surface area contributed by atoms with Crippen LogP contribution in [0, 0.1) is 13.8 Å². The molecule has 0 heterocycles. The SMILES string of the molecule is Cc1ccc(C)c(NC(=O)COc2ccc(C(C)C)cc2Br)c1. The van der Waals surface area contributed by atoms with Crippen molar-refractivity contribution in [3.05, 3.63) is 57.6 Å². The molecule has 2 aromatic rings. The van der Waals surface area contributed by atoms with Gasteiger partial charge in [-0.25, -0.2) is 0 Å². The fraction of sp³-hybridized carbons (Fsp3) is 0.316. The van der Waals surface area contributed by atoms with E-state index in [2.05, 4.69) is 35.1 Å². The molecule has 122 valence electrons. The summed E-state index contributed by atoms with van der Waals surface area (Å²) in [4.78, 5) is 12.1. The van der Waals surface area contributed by atoms with Gasteiger partial charge in [-0.1, -0.05) is 32.0 Å². The lowest BCUT2D eigenvalue weighted by atomic mass is 10.0. The normalized spacial score (nSPS) is 10.7. The van der Waals surface area contributed by atoms with Gasteiger partial charge in [0.1, 0.15) is 5.75 Å². The molecule has 0 unspecified atom stereocenters. The van der Waals surface area contributed by atoms with E-state index >= 15 is 0 Å². The maximum atomic E-state index is 12.1. The number of hydrogen-bond donors (Lipinski definition) is 1. The smallest absolute Gasteiger partial charge is 0.262 e. The minimum absolute atomic E-state index is 0.0208. The summed E-state index contributed by atoms with van der Waals surface area (Å²) < 4.78 is 6.48. The molecular formula is C19H22BrNO2. The van der Waals surface area contributed by atoms with Gasteiger partial charge in [-0.2, -0.15) is 0 Å². The van der Waals surface area contributed by atoms with Crippen molar-refractivity contribution in [1.82, 2.24) is 0 Å². The van der Waals surface area contributed by atoms with Crippen LogP contribution in [0.3, 0.4) is 0 Å².